The van der Waals surface area contributed by atoms with Crippen LogP contribution in [0.1, 0.15) is 74.0 Å². The van der Waals surface area contributed by atoms with Gasteiger partial charge in [-0.25, -0.2) is 9.48 Å². The number of nitrogens with one attached hydrogen (secondary N) is 1. The molecule has 0 saturated carbocycles. The number of nitrogens with zero attached hydrogens (tertiary/aromatic N) is 5. The van der Waals surface area contributed by atoms with Crippen molar-refractivity contribution in [3.8, 4) is 28.2 Å². The summed E-state index contributed by atoms with van der Waals surface area (Å²) < 4.78 is 9.24. The van der Waals surface area contributed by atoms with E-state index in [0.717, 1.165) is 63.2 Å². The number of amides is 1. The molecule has 57 heavy (non-hydrogen) atoms. The van der Waals surface area contributed by atoms with Crippen molar-refractivity contribution >= 4 is 6.09 Å². The molecule has 0 aliphatic carbocycles. The van der Waals surface area contributed by atoms with Crippen LogP contribution < -0.4 is 10.9 Å². The van der Waals surface area contributed by atoms with E-state index in [0.29, 0.717) is 17.8 Å². The molecule has 0 fully saturated rings. The van der Waals surface area contributed by atoms with Gasteiger partial charge in [0.2, 0.25) is 0 Å². The Bertz CT molecular complexity index is 2430. The Balaban J connectivity index is 1.44. The summed E-state index contributed by atoms with van der Waals surface area (Å²) >= 11 is 0. The first kappa shape index (κ1) is 38.7. The minimum absolute atomic E-state index is 0.0295. The van der Waals surface area contributed by atoms with E-state index in [1.807, 2.05) is 134 Å². The quantitative estimate of drug-likeness (QED) is 0.125. The monoisotopic (exact) mass is 756 g/mol. The second-order valence-corrected chi connectivity index (χ2v) is 15.2. The maximum absolute atomic E-state index is 14.8. The summed E-state index contributed by atoms with van der Waals surface area (Å²) in [7, 11) is 0. The summed E-state index contributed by atoms with van der Waals surface area (Å²) in [4.78, 5) is 27.5. The Labute approximate surface area is 334 Å². The van der Waals surface area contributed by atoms with E-state index in [2.05, 4.69) is 66.0 Å². The number of para-hydroxylation sites is 1. The number of carbonyl (C=O) groups excluding carboxylic acids is 1. The normalized spacial score (nSPS) is 11.7. The maximum Gasteiger partial charge on any atom is 0.407 e. The number of rotatable bonds is 12. The van der Waals surface area contributed by atoms with E-state index in [9.17, 15) is 9.59 Å². The van der Waals surface area contributed by atoms with Crippen molar-refractivity contribution < 1.29 is 9.53 Å². The Morgan fingerprint density at radius 2 is 1.25 bits per heavy atom. The first-order valence-corrected chi connectivity index (χ1v) is 19.5. The van der Waals surface area contributed by atoms with Crippen molar-refractivity contribution in [1.82, 2.24) is 30.1 Å². The summed E-state index contributed by atoms with van der Waals surface area (Å²) in [6.45, 7) is 9.53. The highest BCUT2D eigenvalue weighted by atomic mass is 16.6. The summed E-state index contributed by atoms with van der Waals surface area (Å²) in [5, 5.41) is 16.7. The van der Waals surface area contributed by atoms with Crippen LogP contribution in [0.25, 0.3) is 28.2 Å². The molecular formula is C48H48N6O3. The zero-order valence-corrected chi connectivity index (χ0v) is 33.1. The summed E-state index contributed by atoms with van der Waals surface area (Å²) in [6, 6.07) is 49.0. The van der Waals surface area contributed by atoms with Crippen LogP contribution in [0.5, 0.6) is 0 Å². The summed E-state index contributed by atoms with van der Waals surface area (Å²) in [5.41, 5.74) is 6.58. The van der Waals surface area contributed by atoms with Crippen molar-refractivity contribution in [1.29, 1.82) is 0 Å². The summed E-state index contributed by atoms with van der Waals surface area (Å²) in [6.07, 6.45) is 2.00. The fraction of sp³-hybridized carbons (Fsp3) is 0.229. The highest BCUT2D eigenvalue weighted by Gasteiger charge is 2.42. The van der Waals surface area contributed by atoms with Gasteiger partial charge >= 0.3 is 6.09 Å². The van der Waals surface area contributed by atoms with Crippen LogP contribution in [0, 0.1) is 6.92 Å². The number of aromatic nitrogens is 5. The average Bonchev–Trinajstić information content (AvgIpc) is 3.71. The number of carbonyl (C=O) groups is 1. The summed E-state index contributed by atoms with van der Waals surface area (Å²) in [5.74, 6) is 0.557. The molecule has 2 aromatic heterocycles. The predicted molar refractivity (Wildman–Crippen MR) is 225 cm³/mol. The smallest absolute Gasteiger partial charge is 0.407 e. The standard InChI is InChI=1S/C48H48N6O3/c1-6-7-27-38-32-34(2)42(33-49-46(56)57-47(3,4)5)45(55)53(38)43-31-20-19-29-40(43)39-28-17-18-30-41(39)44-50-51-52-54(44)48(35-21-11-8-12-22-35,36-23-13-9-14-24-36)37-25-15-10-16-26-37/h8-26,28-32H,6-7,27,33H2,1-5H3,(H,49,56). The van der Waals surface area contributed by atoms with Crippen LogP contribution in [0.2, 0.25) is 0 Å². The lowest BCUT2D eigenvalue weighted by molar-refractivity contribution is 0.0523. The molecule has 0 spiro atoms. The Morgan fingerprint density at radius 3 is 1.81 bits per heavy atom. The van der Waals surface area contributed by atoms with Crippen molar-refractivity contribution in [2.24, 2.45) is 0 Å². The van der Waals surface area contributed by atoms with Gasteiger partial charge in [0.15, 0.2) is 5.82 Å². The van der Waals surface area contributed by atoms with E-state index in [1.165, 1.54) is 0 Å². The van der Waals surface area contributed by atoms with Crippen molar-refractivity contribution in [3.05, 3.63) is 189 Å². The first-order valence-electron chi connectivity index (χ1n) is 19.5. The van der Waals surface area contributed by atoms with Gasteiger partial charge in [0, 0.05) is 22.4 Å². The minimum atomic E-state index is -0.952. The second-order valence-electron chi connectivity index (χ2n) is 15.2. The third kappa shape index (κ3) is 7.78. The van der Waals surface area contributed by atoms with Gasteiger partial charge in [0.25, 0.3) is 5.56 Å². The van der Waals surface area contributed by atoms with Gasteiger partial charge in [0.1, 0.15) is 11.1 Å². The lowest BCUT2D eigenvalue weighted by Gasteiger charge is -2.36. The molecule has 0 radical (unpaired) electrons. The minimum Gasteiger partial charge on any atom is -0.444 e. The Kier molecular flexibility index (Phi) is 11.3. The third-order valence-electron chi connectivity index (χ3n) is 10.2. The molecule has 1 amide bonds. The predicted octanol–water partition coefficient (Wildman–Crippen LogP) is 9.67. The van der Waals surface area contributed by atoms with Crippen LogP contribution in [-0.4, -0.2) is 36.5 Å². The number of alkyl carbamates (subject to hydrolysis) is 1. The highest BCUT2D eigenvalue weighted by molar-refractivity contribution is 5.85. The SMILES string of the molecule is CCCCc1cc(C)c(CNC(=O)OC(C)(C)C)c(=O)n1-c1ccccc1-c1ccccc1-c1nnnn1C(c1ccccc1)(c1ccccc1)c1ccccc1. The van der Waals surface area contributed by atoms with Crippen molar-refractivity contribution in [2.75, 3.05) is 0 Å². The number of benzene rings is 5. The molecule has 0 unspecified atom stereocenters. The molecule has 9 nitrogen and oxygen atoms in total. The maximum atomic E-state index is 14.8. The van der Waals surface area contributed by atoms with Crippen LogP contribution in [-0.2, 0) is 23.2 Å². The number of hydrogen-bond donors (Lipinski definition) is 1. The molecule has 1 N–H and O–H groups in total. The van der Waals surface area contributed by atoms with Gasteiger partial charge in [-0.3, -0.25) is 9.36 Å². The van der Waals surface area contributed by atoms with E-state index in [1.54, 1.807) is 0 Å². The van der Waals surface area contributed by atoms with Crippen molar-refractivity contribution in [2.45, 2.75) is 71.6 Å². The first-order chi connectivity index (χ1) is 27.6. The van der Waals surface area contributed by atoms with Gasteiger partial charge < -0.3 is 10.1 Å². The van der Waals surface area contributed by atoms with Gasteiger partial charge in [-0.05, 0) is 90.9 Å². The topological polar surface area (TPSA) is 104 Å². The average molecular weight is 757 g/mol. The molecule has 7 aromatic rings. The molecule has 0 aliphatic heterocycles. The van der Waals surface area contributed by atoms with E-state index in [-0.39, 0.29) is 12.1 Å². The number of tetrazole rings is 1. The molecule has 5 aromatic carbocycles. The van der Waals surface area contributed by atoms with Gasteiger partial charge in [-0.15, -0.1) is 5.10 Å². The van der Waals surface area contributed by atoms with E-state index < -0.39 is 17.2 Å². The van der Waals surface area contributed by atoms with Crippen LogP contribution in [0.4, 0.5) is 4.79 Å². The lowest BCUT2D eigenvalue weighted by atomic mass is 9.77. The van der Waals surface area contributed by atoms with Gasteiger partial charge in [-0.1, -0.05) is 147 Å². The lowest BCUT2D eigenvalue weighted by Crippen LogP contribution is -2.39. The van der Waals surface area contributed by atoms with Crippen LogP contribution in [0.15, 0.2) is 150 Å². The fourth-order valence-corrected chi connectivity index (χ4v) is 7.63. The molecule has 0 atom stereocenters. The molecule has 2 heterocycles. The zero-order valence-electron chi connectivity index (χ0n) is 33.1. The van der Waals surface area contributed by atoms with E-state index in [4.69, 9.17) is 15.0 Å². The number of hydrogen-bond acceptors (Lipinski definition) is 6. The van der Waals surface area contributed by atoms with Crippen LogP contribution >= 0.6 is 0 Å². The van der Waals surface area contributed by atoms with Gasteiger partial charge in [0.05, 0.1) is 12.2 Å². The van der Waals surface area contributed by atoms with Crippen LogP contribution in [0.3, 0.4) is 0 Å². The molecule has 288 valence electrons. The molecule has 7 rings (SSSR count). The second kappa shape index (κ2) is 16.6. The van der Waals surface area contributed by atoms with Gasteiger partial charge in [-0.2, -0.15) is 0 Å². The fourth-order valence-electron chi connectivity index (χ4n) is 7.63. The number of aryl methyl sites for hydroxylation is 2. The van der Waals surface area contributed by atoms with E-state index >= 15 is 0 Å². The Morgan fingerprint density at radius 1 is 0.719 bits per heavy atom. The largest absolute Gasteiger partial charge is 0.444 e. The Hall–Kier alpha value is -6.61. The molecule has 0 saturated heterocycles. The zero-order chi connectivity index (χ0) is 40.0. The highest BCUT2D eigenvalue weighted by Crippen LogP contribution is 2.44. The molecular weight excluding hydrogens is 709 g/mol. The van der Waals surface area contributed by atoms with Crippen molar-refractivity contribution in [3.63, 3.8) is 0 Å². The third-order valence-corrected chi connectivity index (χ3v) is 10.2. The molecule has 0 bridgehead atoms. The molecule has 9 heteroatoms. The number of ether oxygens (including phenoxy) is 1. The number of pyridine rings is 1. The molecule has 0 aliphatic rings. The number of unbranched alkanes of at least 4 members (excludes halogenated alkanes) is 1.